The van der Waals surface area contributed by atoms with Crippen LogP contribution < -0.4 is 21.9 Å². The van der Waals surface area contributed by atoms with Gasteiger partial charge >= 0.3 is 5.69 Å². The third kappa shape index (κ3) is 4.00. The minimum absolute atomic E-state index is 0.0126. The fourth-order valence-electron chi connectivity index (χ4n) is 5.19. The maximum absolute atomic E-state index is 13.9. The molecule has 0 aliphatic carbocycles. The summed E-state index contributed by atoms with van der Waals surface area (Å²) in [5.41, 5.74) is 6.75. The van der Waals surface area contributed by atoms with Gasteiger partial charge in [0.2, 0.25) is 5.95 Å². The highest BCUT2D eigenvalue weighted by molar-refractivity contribution is 5.93. The van der Waals surface area contributed by atoms with Crippen LogP contribution in [0.1, 0.15) is 36.5 Å². The Morgan fingerprint density at radius 3 is 2.58 bits per heavy atom. The second-order valence-corrected chi connectivity index (χ2v) is 9.41. The standard InChI is InChI=1S/C28H26N8O2/c1-3-4-12-35-24-25(32-27(35)34-11-7-8-20(31)17-34)33(2)28(38)36(26(24)37)16-19-13-18(14-29)21-9-5-6-10-22(21)23(19)15-30/h5-6,9-10,13,20H,7-8,11-12,16-17,31H2,1-2H3/t20-/m1/s1. The number of imidazole rings is 1. The van der Waals surface area contributed by atoms with Crippen molar-refractivity contribution in [2.24, 2.45) is 12.8 Å². The SMILES string of the molecule is CC#CCn1c(N2CCC[C@@H](N)C2)nc2c1c(=O)n(Cc1cc(C#N)c3ccccc3c1C#N)c(=O)n2C. The Labute approximate surface area is 218 Å². The second-order valence-electron chi connectivity index (χ2n) is 9.41. The van der Waals surface area contributed by atoms with Crippen molar-refractivity contribution in [2.75, 3.05) is 18.0 Å². The van der Waals surface area contributed by atoms with Gasteiger partial charge in [-0.05, 0) is 31.4 Å². The van der Waals surface area contributed by atoms with Crippen molar-refractivity contribution in [1.29, 1.82) is 10.5 Å². The van der Waals surface area contributed by atoms with E-state index in [-0.39, 0.29) is 30.3 Å². The number of nitrogens with zero attached hydrogens (tertiary/aromatic N) is 7. The number of nitriles is 2. The molecule has 0 saturated carbocycles. The fraction of sp³-hybridized carbons (Fsp3) is 0.321. The lowest BCUT2D eigenvalue weighted by Gasteiger charge is -2.31. The molecule has 10 heteroatoms. The zero-order valence-corrected chi connectivity index (χ0v) is 21.2. The number of fused-ring (bicyclic) bond motifs is 2. The number of aryl methyl sites for hydroxylation is 1. The first kappa shape index (κ1) is 24.8. The molecule has 1 saturated heterocycles. The summed E-state index contributed by atoms with van der Waals surface area (Å²) in [7, 11) is 1.57. The molecule has 190 valence electrons. The molecule has 1 aliphatic heterocycles. The smallest absolute Gasteiger partial charge is 0.332 e. The van der Waals surface area contributed by atoms with Gasteiger partial charge in [0.1, 0.15) is 6.07 Å². The van der Waals surface area contributed by atoms with Gasteiger partial charge in [0.15, 0.2) is 11.2 Å². The van der Waals surface area contributed by atoms with Crippen LogP contribution >= 0.6 is 0 Å². The van der Waals surface area contributed by atoms with Crippen molar-refractivity contribution in [3.63, 3.8) is 0 Å². The fourth-order valence-corrected chi connectivity index (χ4v) is 5.19. The Balaban J connectivity index is 1.75. The van der Waals surface area contributed by atoms with Crippen LogP contribution in [0.4, 0.5) is 5.95 Å². The first-order valence-corrected chi connectivity index (χ1v) is 12.3. The number of piperidine rings is 1. The molecule has 0 amide bonds. The van der Waals surface area contributed by atoms with Crippen LogP contribution in [0.5, 0.6) is 0 Å². The average Bonchev–Trinajstić information content (AvgIpc) is 3.32. The van der Waals surface area contributed by atoms with E-state index in [1.807, 2.05) is 4.90 Å². The second kappa shape index (κ2) is 9.89. The van der Waals surface area contributed by atoms with Gasteiger partial charge in [-0.3, -0.25) is 18.5 Å². The third-order valence-electron chi connectivity index (χ3n) is 7.05. The Morgan fingerprint density at radius 2 is 1.89 bits per heavy atom. The molecular formula is C28H26N8O2. The Morgan fingerprint density at radius 1 is 1.13 bits per heavy atom. The zero-order chi connectivity index (χ0) is 27.0. The van der Waals surface area contributed by atoms with Gasteiger partial charge in [0.25, 0.3) is 5.56 Å². The van der Waals surface area contributed by atoms with Crippen LogP contribution in [-0.4, -0.2) is 37.8 Å². The van der Waals surface area contributed by atoms with Gasteiger partial charge in [0, 0.05) is 37.0 Å². The molecule has 0 radical (unpaired) electrons. The van der Waals surface area contributed by atoms with Crippen molar-refractivity contribution in [2.45, 2.75) is 38.9 Å². The number of nitrogens with two attached hydrogens (primary N) is 1. The number of rotatable bonds is 4. The number of hydrogen-bond donors (Lipinski definition) is 1. The highest BCUT2D eigenvalue weighted by atomic mass is 16.2. The lowest BCUT2D eigenvalue weighted by Crippen LogP contribution is -2.44. The third-order valence-corrected chi connectivity index (χ3v) is 7.05. The summed E-state index contributed by atoms with van der Waals surface area (Å²) >= 11 is 0. The predicted molar refractivity (Wildman–Crippen MR) is 145 cm³/mol. The van der Waals surface area contributed by atoms with Gasteiger partial charge in [0.05, 0.1) is 30.3 Å². The summed E-state index contributed by atoms with van der Waals surface area (Å²) in [6.07, 6.45) is 1.81. The molecule has 1 aliphatic rings. The van der Waals surface area contributed by atoms with Crippen LogP contribution in [0.15, 0.2) is 39.9 Å². The molecule has 0 unspecified atom stereocenters. The van der Waals surface area contributed by atoms with Crippen LogP contribution in [0.25, 0.3) is 21.9 Å². The highest BCUT2D eigenvalue weighted by Crippen LogP contribution is 2.27. The Kier molecular flexibility index (Phi) is 6.46. The lowest BCUT2D eigenvalue weighted by atomic mass is 9.95. The number of anilines is 1. The summed E-state index contributed by atoms with van der Waals surface area (Å²) in [4.78, 5) is 34.1. The molecule has 3 heterocycles. The molecule has 4 aromatic rings. The molecule has 38 heavy (non-hydrogen) atoms. The minimum atomic E-state index is -0.564. The molecule has 2 N–H and O–H groups in total. The molecule has 0 bridgehead atoms. The molecule has 1 fully saturated rings. The van der Waals surface area contributed by atoms with Crippen LogP contribution in [0.3, 0.4) is 0 Å². The van der Waals surface area contributed by atoms with E-state index < -0.39 is 11.2 Å². The largest absolute Gasteiger partial charge is 0.341 e. The van der Waals surface area contributed by atoms with Crippen LogP contribution in [-0.2, 0) is 20.1 Å². The predicted octanol–water partition coefficient (Wildman–Crippen LogP) is 1.79. The van der Waals surface area contributed by atoms with Gasteiger partial charge in [-0.2, -0.15) is 15.5 Å². The van der Waals surface area contributed by atoms with E-state index in [1.54, 1.807) is 48.9 Å². The molecular weight excluding hydrogens is 480 g/mol. The van der Waals surface area contributed by atoms with E-state index in [4.69, 9.17) is 10.7 Å². The summed E-state index contributed by atoms with van der Waals surface area (Å²) in [6, 6.07) is 13.1. The first-order chi connectivity index (χ1) is 18.4. The molecule has 5 rings (SSSR count). The van der Waals surface area contributed by atoms with Crippen molar-refractivity contribution in [1.82, 2.24) is 18.7 Å². The number of aromatic nitrogens is 4. The monoisotopic (exact) mass is 506 g/mol. The van der Waals surface area contributed by atoms with Gasteiger partial charge in [-0.1, -0.05) is 30.2 Å². The van der Waals surface area contributed by atoms with Crippen LogP contribution in [0, 0.1) is 34.5 Å². The van der Waals surface area contributed by atoms with Crippen LogP contribution in [0.2, 0.25) is 0 Å². The quantitative estimate of drug-likeness (QED) is 0.416. The summed E-state index contributed by atoms with van der Waals surface area (Å²) < 4.78 is 4.18. The van der Waals surface area contributed by atoms with Gasteiger partial charge in [-0.15, -0.1) is 5.92 Å². The lowest BCUT2D eigenvalue weighted by molar-refractivity contribution is 0.496. The molecule has 10 nitrogen and oxygen atoms in total. The molecule has 2 aromatic carbocycles. The summed E-state index contributed by atoms with van der Waals surface area (Å²) in [5, 5.41) is 21.0. The first-order valence-electron chi connectivity index (χ1n) is 12.3. The van der Waals surface area contributed by atoms with Gasteiger partial charge in [-0.25, -0.2) is 4.79 Å². The zero-order valence-electron chi connectivity index (χ0n) is 21.2. The highest BCUT2D eigenvalue weighted by Gasteiger charge is 2.26. The van der Waals surface area contributed by atoms with E-state index in [9.17, 15) is 20.1 Å². The molecule has 0 spiro atoms. The van der Waals surface area contributed by atoms with E-state index in [2.05, 4.69) is 24.0 Å². The number of benzene rings is 2. The Bertz CT molecular complexity index is 1850. The van der Waals surface area contributed by atoms with Crippen molar-refractivity contribution < 1.29 is 0 Å². The van der Waals surface area contributed by atoms with E-state index in [1.165, 1.54) is 4.57 Å². The minimum Gasteiger partial charge on any atom is -0.341 e. The average molecular weight is 507 g/mol. The maximum Gasteiger partial charge on any atom is 0.332 e. The van der Waals surface area contributed by atoms with E-state index in [0.717, 1.165) is 24.0 Å². The maximum atomic E-state index is 13.9. The summed E-state index contributed by atoms with van der Waals surface area (Å²) in [5.74, 6) is 6.44. The van der Waals surface area contributed by atoms with Crippen molar-refractivity contribution in [3.05, 3.63) is 67.9 Å². The van der Waals surface area contributed by atoms with Crippen molar-refractivity contribution >= 4 is 27.9 Å². The number of hydrogen-bond acceptors (Lipinski definition) is 7. The topological polar surface area (TPSA) is 139 Å². The van der Waals surface area contributed by atoms with Crippen molar-refractivity contribution in [3.8, 4) is 24.0 Å². The van der Waals surface area contributed by atoms with E-state index in [0.29, 0.717) is 40.0 Å². The van der Waals surface area contributed by atoms with E-state index >= 15 is 0 Å². The molecule has 1 atom stereocenters. The normalized spacial score (nSPS) is 15.2. The molecule has 2 aromatic heterocycles. The Hall–Kier alpha value is -4.85. The van der Waals surface area contributed by atoms with Gasteiger partial charge < -0.3 is 10.6 Å². The summed E-state index contributed by atoms with van der Waals surface area (Å²) in [6.45, 7) is 3.10.